The molecule has 172 valence electrons. The Morgan fingerprint density at radius 2 is 1.48 bits per heavy atom. The first-order valence-corrected chi connectivity index (χ1v) is 10.3. The van der Waals surface area contributed by atoms with Crippen molar-refractivity contribution in [2.24, 2.45) is 0 Å². The van der Waals surface area contributed by atoms with Crippen LogP contribution >= 0.6 is 34.8 Å². The normalized spacial score (nSPS) is 11.1. The lowest BCUT2D eigenvalue weighted by molar-refractivity contribution is -0.137. The van der Waals surface area contributed by atoms with Crippen LogP contribution in [-0.2, 0) is 6.18 Å². The average molecular weight is 518 g/mol. The summed E-state index contributed by atoms with van der Waals surface area (Å²) < 4.78 is 43.9. The molecule has 5 nitrogen and oxygen atoms in total. The molecule has 0 radical (unpaired) electrons. The fraction of sp³-hybridized carbons (Fsp3) is 0.0909. The summed E-state index contributed by atoms with van der Waals surface area (Å²) in [4.78, 5) is 25.9. The number of anilines is 1. The predicted molar refractivity (Wildman–Crippen MR) is 121 cm³/mol. The number of halogens is 6. The summed E-state index contributed by atoms with van der Waals surface area (Å²) in [5.74, 6) is -0.612. The number of ether oxygens (including phenoxy) is 1. The van der Waals surface area contributed by atoms with E-state index >= 15 is 0 Å². The number of hydrogen-bond acceptors (Lipinski definition) is 3. The van der Waals surface area contributed by atoms with Crippen molar-refractivity contribution in [3.63, 3.8) is 0 Å². The van der Waals surface area contributed by atoms with Crippen molar-refractivity contribution in [1.29, 1.82) is 0 Å². The maximum Gasteiger partial charge on any atom is 0.416 e. The van der Waals surface area contributed by atoms with Gasteiger partial charge < -0.3 is 4.74 Å². The predicted octanol–water partition coefficient (Wildman–Crippen LogP) is 7.44. The minimum absolute atomic E-state index is 0.0317. The van der Waals surface area contributed by atoms with Crippen molar-refractivity contribution >= 4 is 52.4 Å². The van der Waals surface area contributed by atoms with E-state index in [1.54, 1.807) is 12.1 Å². The zero-order valence-electron chi connectivity index (χ0n) is 16.7. The van der Waals surface area contributed by atoms with Crippen LogP contribution in [0.25, 0.3) is 0 Å². The van der Waals surface area contributed by atoms with Gasteiger partial charge in [0, 0.05) is 12.7 Å². The smallest absolute Gasteiger partial charge is 0.416 e. The van der Waals surface area contributed by atoms with Gasteiger partial charge in [-0.05, 0) is 48.5 Å². The molecular formula is C22H14Cl3F3N2O3. The molecule has 0 unspecified atom stereocenters. The highest BCUT2D eigenvalue weighted by Crippen LogP contribution is 2.38. The first-order valence-electron chi connectivity index (χ1n) is 9.15. The van der Waals surface area contributed by atoms with E-state index in [1.807, 2.05) is 0 Å². The quantitative estimate of drug-likeness (QED) is 0.391. The molecule has 0 saturated heterocycles. The van der Waals surface area contributed by atoms with E-state index in [1.165, 1.54) is 37.4 Å². The third-order valence-corrected chi connectivity index (χ3v) is 5.35. The Labute approximate surface area is 201 Å². The first-order chi connectivity index (χ1) is 15.5. The number of nitrogens with one attached hydrogen (secondary N) is 1. The van der Waals surface area contributed by atoms with Crippen LogP contribution in [0, 0.1) is 0 Å². The van der Waals surface area contributed by atoms with Crippen LogP contribution in [0.1, 0.15) is 15.9 Å². The monoisotopic (exact) mass is 516 g/mol. The molecule has 0 spiro atoms. The van der Waals surface area contributed by atoms with E-state index in [0.29, 0.717) is 5.69 Å². The van der Waals surface area contributed by atoms with Gasteiger partial charge in [0.2, 0.25) is 0 Å². The van der Waals surface area contributed by atoms with E-state index in [-0.39, 0.29) is 32.1 Å². The van der Waals surface area contributed by atoms with E-state index in [9.17, 15) is 22.8 Å². The van der Waals surface area contributed by atoms with Gasteiger partial charge in [-0.25, -0.2) is 4.79 Å². The van der Waals surface area contributed by atoms with Crippen LogP contribution in [0.2, 0.25) is 15.1 Å². The van der Waals surface area contributed by atoms with Gasteiger partial charge >= 0.3 is 12.2 Å². The zero-order chi connectivity index (χ0) is 24.3. The van der Waals surface area contributed by atoms with Crippen molar-refractivity contribution in [3.8, 4) is 11.5 Å². The molecule has 0 aliphatic carbocycles. The highest BCUT2D eigenvalue weighted by atomic mass is 35.5. The van der Waals surface area contributed by atoms with Crippen molar-refractivity contribution in [2.45, 2.75) is 6.18 Å². The molecule has 1 N–H and O–H groups in total. The van der Waals surface area contributed by atoms with Crippen molar-refractivity contribution in [2.75, 3.05) is 11.9 Å². The van der Waals surface area contributed by atoms with Gasteiger partial charge in [-0.3, -0.25) is 15.0 Å². The van der Waals surface area contributed by atoms with Gasteiger partial charge in [0.25, 0.3) is 5.91 Å². The summed E-state index contributed by atoms with van der Waals surface area (Å²) in [6.45, 7) is 0. The van der Waals surface area contributed by atoms with Crippen LogP contribution in [0.15, 0.2) is 60.7 Å². The van der Waals surface area contributed by atoms with E-state index in [4.69, 9.17) is 39.5 Å². The Hall–Kier alpha value is -2.94. The van der Waals surface area contributed by atoms with Gasteiger partial charge in [-0.2, -0.15) is 13.2 Å². The second-order valence-electron chi connectivity index (χ2n) is 6.66. The molecule has 11 heteroatoms. The highest BCUT2D eigenvalue weighted by molar-refractivity contribution is 6.34. The number of carbonyl (C=O) groups excluding carboxylic acids is 2. The van der Waals surface area contributed by atoms with Gasteiger partial charge in [0.1, 0.15) is 11.5 Å². The highest BCUT2D eigenvalue weighted by Gasteiger charge is 2.31. The molecule has 3 aromatic carbocycles. The number of nitrogens with zero attached hydrogens (tertiary/aromatic N) is 1. The van der Waals surface area contributed by atoms with E-state index in [2.05, 4.69) is 5.32 Å². The van der Waals surface area contributed by atoms with Gasteiger partial charge in [0.15, 0.2) is 0 Å². The lowest BCUT2D eigenvalue weighted by atomic mass is 10.2. The van der Waals surface area contributed by atoms with Crippen molar-refractivity contribution in [1.82, 2.24) is 5.32 Å². The van der Waals surface area contributed by atoms with Crippen LogP contribution in [0.5, 0.6) is 11.5 Å². The molecule has 0 bridgehead atoms. The Morgan fingerprint density at radius 1 is 0.879 bits per heavy atom. The summed E-state index contributed by atoms with van der Waals surface area (Å²) in [6, 6.07) is 12.4. The largest absolute Gasteiger partial charge is 0.454 e. The van der Waals surface area contributed by atoms with E-state index < -0.39 is 23.7 Å². The second kappa shape index (κ2) is 9.91. The number of alkyl halides is 3. The first kappa shape index (κ1) is 24.7. The Balaban J connectivity index is 1.73. The number of hydrogen-bond donors (Lipinski definition) is 1. The Kier molecular flexibility index (Phi) is 7.41. The zero-order valence-corrected chi connectivity index (χ0v) is 19.0. The summed E-state index contributed by atoms with van der Waals surface area (Å²) in [7, 11) is 1.41. The summed E-state index contributed by atoms with van der Waals surface area (Å²) in [5.41, 5.74) is -0.466. The molecule has 0 aliphatic heterocycles. The van der Waals surface area contributed by atoms with Crippen LogP contribution in [0.4, 0.5) is 23.7 Å². The minimum atomic E-state index is -4.54. The number of urea groups is 1. The maximum absolute atomic E-state index is 12.8. The SMILES string of the molecule is CN(C(=O)NC(=O)c1ccccc1Cl)c1ccc(Oc2ccc(C(F)(F)F)cc2Cl)c(Cl)c1. The van der Waals surface area contributed by atoms with Crippen molar-refractivity contribution < 1.29 is 27.5 Å². The summed E-state index contributed by atoms with van der Waals surface area (Å²) >= 11 is 18.1. The summed E-state index contributed by atoms with van der Waals surface area (Å²) in [5, 5.41) is 2.21. The lowest BCUT2D eigenvalue weighted by Gasteiger charge is -2.19. The molecule has 3 aromatic rings. The third-order valence-electron chi connectivity index (χ3n) is 4.43. The molecular weight excluding hydrogens is 504 g/mol. The van der Waals surface area contributed by atoms with Gasteiger partial charge in [-0.1, -0.05) is 46.9 Å². The third kappa shape index (κ3) is 5.90. The van der Waals surface area contributed by atoms with E-state index in [0.717, 1.165) is 23.1 Å². The standard InChI is InChI=1S/C22H14Cl3F3N2O3/c1-30(21(32)29-20(31)14-4-2-3-5-15(14)23)13-7-9-19(17(25)11-13)33-18-8-6-12(10-16(18)24)22(26,27)28/h2-11H,1H3,(H,29,31,32). The van der Waals surface area contributed by atoms with Crippen LogP contribution < -0.4 is 15.0 Å². The number of carbonyl (C=O) groups is 2. The van der Waals surface area contributed by atoms with Crippen molar-refractivity contribution in [3.05, 3.63) is 86.9 Å². The van der Waals surface area contributed by atoms with Crippen LogP contribution in [0.3, 0.4) is 0 Å². The topological polar surface area (TPSA) is 58.6 Å². The fourth-order valence-corrected chi connectivity index (χ4v) is 3.32. The molecule has 3 amide bonds. The van der Waals surface area contributed by atoms with Gasteiger partial charge in [0.05, 0.1) is 26.2 Å². The lowest BCUT2D eigenvalue weighted by Crippen LogP contribution is -2.40. The molecule has 0 atom stereocenters. The number of rotatable bonds is 4. The molecule has 0 aliphatic rings. The molecule has 0 saturated carbocycles. The molecule has 0 aromatic heterocycles. The average Bonchev–Trinajstić information content (AvgIpc) is 2.75. The maximum atomic E-state index is 12.8. The Bertz CT molecular complexity index is 1220. The number of imide groups is 1. The summed E-state index contributed by atoms with van der Waals surface area (Å²) in [6.07, 6.45) is -4.54. The second-order valence-corrected chi connectivity index (χ2v) is 7.88. The van der Waals surface area contributed by atoms with Gasteiger partial charge in [-0.15, -0.1) is 0 Å². The molecule has 0 fully saturated rings. The molecule has 3 rings (SSSR count). The molecule has 33 heavy (non-hydrogen) atoms. The minimum Gasteiger partial charge on any atom is -0.454 e. The molecule has 0 heterocycles. The fourth-order valence-electron chi connectivity index (χ4n) is 2.67. The number of amides is 3. The number of benzene rings is 3. The Morgan fingerprint density at radius 3 is 2.06 bits per heavy atom. The van der Waals surface area contributed by atoms with Crippen LogP contribution in [-0.4, -0.2) is 19.0 Å².